The molecular formula is C18H23F2N3O2. The minimum atomic E-state index is -0.723. The van der Waals surface area contributed by atoms with Gasteiger partial charge in [0.25, 0.3) is 0 Å². The average molecular weight is 351 g/mol. The molecule has 1 aromatic heterocycles. The second-order valence-electron chi connectivity index (χ2n) is 6.09. The van der Waals surface area contributed by atoms with E-state index < -0.39 is 17.2 Å². The molecule has 0 fully saturated rings. The number of benzene rings is 1. The van der Waals surface area contributed by atoms with E-state index in [0.29, 0.717) is 12.4 Å². The molecule has 25 heavy (non-hydrogen) atoms. The molecule has 0 aliphatic heterocycles. The first kappa shape index (κ1) is 19.1. The molecule has 0 saturated carbocycles. The first-order valence-electron chi connectivity index (χ1n) is 8.32. The van der Waals surface area contributed by atoms with Gasteiger partial charge in [-0.15, -0.1) is 0 Å². The van der Waals surface area contributed by atoms with E-state index in [0.717, 1.165) is 25.0 Å². The SMILES string of the molecule is CCC(N)(CC)CNC(=O)CCc1ncc(-c2ccc(F)cc2F)o1. The maximum atomic E-state index is 13.7. The average Bonchev–Trinajstić information content (AvgIpc) is 3.06. The minimum Gasteiger partial charge on any atom is -0.441 e. The van der Waals surface area contributed by atoms with Crippen LogP contribution in [0.1, 0.15) is 39.0 Å². The number of carbonyl (C=O) groups excluding carboxylic acids is 1. The van der Waals surface area contributed by atoms with Crippen LogP contribution in [0.4, 0.5) is 8.78 Å². The summed E-state index contributed by atoms with van der Waals surface area (Å²) in [6, 6.07) is 3.22. The number of nitrogens with zero attached hydrogens (tertiary/aromatic N) is 1. The van der Waals surface area contributed by atoms with Gasteiger partial charge in [0.2, 0.25) is 5.91 Å². The van der Waals surface area contributed by atoms with E-state index in [1.807, 2.05) is 13.8 Å². The predicted molar refractivity (Wildman–Crippen MR) is 90.7 cm³/mol. The van der Waals surface area contributed by atoms with Crippen molar-refractivity contribution in [3.8, 4) is 11.3 Å². The summed E-state index contributed by atoms with van der Waals surface area (Å²) in [5, 5.41) is 2.81. The third-order valence-corrected chi connectivity index (χ3v) is 4.36. The van der Waals surface area contributed by atoms with Crippen molar-refractivity contribution in [2.75, 3.05) is 6.54 Å². The number of hydrogen-bond acceptors (Lipinski definition) is 4. The normalized spacial score (nSPS) is 11.6. The molecule has 1 amide bonds. The molecule has 0 unspecified atom stereocenters. The van der Waals surface area contributed by atoms with Crippen LogP contribution in [0.5, 0.6) is 0 Å². The van der Waals surface area contributed by atoms with Gasteiger partial charge in [-0.05, 0) is 25.0 Å². The zero-order valence-corrected chi connectivity index (χ0v) is 14.4. The van der Waals surface area contributed by atoms with Gasteiger partial charge in [-0.3, -0.25) is 4.79 Å². The topological polar surface area (TPSA) is 81.1 Å². The summed E-state index contributed by atoms with van der Waals surface area (Å²) in [6.07, 6.45) is 3.38. The molecule has 2 rings (SSSR count). The van der Waals surface area contributed by atoms with E-state index in [9.17, 15) is 13.6 Å². The van der Waals surface area contributed by atoms with Gasteiger partial charge < -0.3 is 15.5 Å². The van der Waals surface area contributed by atoms with Crippen molar-refractivity contribution in [2.45, 2.75) is 45.1 Å². The van der Waals surface area contributed by atoms with Gasteiger partial charge in [-0.2, -0.15) is 0 Å². The summed E-state index contributed by atoms with van der Waals surface area (Å²) in [7, 11) is 0. The Labute approximate surface area is 145 Å². The van der Waals surface area contributed by atoms with Crippen molar-refractivity contribution in [1.29, 1.82) is 0 Å². The van der Waals surface area contributed by atoms with E-state index in [-0.39, 0.29) is 30.1 Å². The summed E-state index contributed by atoms with van der Waals surface area (Å²) in [6.45, 7) is 4.38. The summed E-state index contributed by atoms with van der Waals surface area (Å²) in [5.41, 5.74) is 5.87. The Morgan fingerprint density at radius 2 is 2.04 bits per heavy atom. The van der Waals surface area contributed by atoms with Gasteiger partial charge in [-0.25, -0.2) is 13.8 Å². The number of aromatic nitrogens is 1. The van der Waals surface area contributed by atoms with E-state index in [2.05, 4.69) is 10.3 Å². The lowest BCUT2D eigenvalue weighted by Gasteiger charge is -2.26. The minimum absolute atomic E-state index is 0.128. The second-order valence-corrected chi connectivity index (χ2v) is 6.09. The third kappa shape index (κ3) is 5.09. The van der Waals surface area contributed by atoms with Gasteiger partial charge in [0.1, 0.15) is 11.6 Å². The lowest BCUT2D eigenvalue weighted by molar-refractivity contribution is -0.121. The fourth-order valence-corrected chi connectivity index (χ4v) is 2.32. The summed E-state index contributed by atoms with van der Waals surface area (Å²) >= 11 is 0. The zero-order valence-electron chi connectivity index (χ0n) is 14.4. The van der Waals surface area contributed by atoms with E-state index in [1.165, 1.54) is 12.3 Å². The molecule has 1 aromatic carbocycles. The smallest absolute Gasteiger partial charge is 0.220 e. The van der Waals surface area contributed by atoms with Crippen LogP contribution in [0, 0.1) is 11.6 Å². The summed E-state index contributed by atoms with van der Waals surface area (Å²) in [4.78, 5) is 16.0. The van der Waals surface area contributed by atoms with Crippen molar-refractivity contribution in [1.82, 2.24) is 10.3 Å². The van der Waals surface area contributed by atoms with Gasteiger partial charge in [0, 0.05) is 31.0 Å². The van der Waals surface area contributed by atoms with E-state index in [4.69, 9.17) is 10.2 Å². The van der Waals surface area contributed by atoms with Crippen molar-refractivity contribution in [2.24, 2.45) is 5.73 Å². The van der Waals surface area contributed by atoms with Crippen molar-refractivity contribution in [3.05, 3.63) is 41.9 Å². The van der Waals surface area contributed by atoms with Crippen LogP contribution in [0.2, 0.25) is 0 Å². The Kier molecular flexibility index (Phi) is 6.25. The predicted octanol–water partition coefficient (Wildman–Crippen LogP) is 3.19. The van der Waals surface area contributed by atoms with Crippen molar-refractivity contribution in [3.63, 3.8) is 0 Å². The Bertz CT molecular complexity index is 727. The van der Waals surface area contributed by atoms with Crippen LogP contribution in [-0.2, 0) is 11.2 Å². The third-order valence-electron chi connectivity index (χ3n) is 4.36. The molecule has 1 heterocycles. The monoisotopic (exact) mass is 351 g/mol. The first-order valence-corrected chi connectivity index (χ1v) is 8.32. The number of amides is 1. The number of aryl methyl sites for hydroxylation is 1. The lowest BCUT2D eigenvalue weighted by atomic mass is 9.94. The van der Waals surface area contributed by atoms with Gasteiger partial charge in [-0.1, -0.05) is 13.8 Å². The van der Waals surface area contributed by atoms with Gasteiger partial charge in [0.15, 0.2) is 11.7 Å². The molecule has 0 bridgehead atoms. The largest absolute Gasteiger partial charge is 0.441 e. The number of halogens is 2. The zero-order chi connectivity index (χ0) is 18.4. The molecule has 136 valence electrons. The quantitative estimate of drug-likeness (QED) is 0.765. The molecule has 0 atom stereocenters. The summed E-state index contributed by atoms with van der Waals surface area (Å²) in [5.74, 6) is -1.01. The molecule has 0 radical (unpaired) electrons. The Balaban J connectivity index is 1.90. The molecule has 0 saturated heterocycles. The Hall–Kier alpha value is -2.28. The Morgan fingerprint density at radius 1 is 1.32 bits per heavy atom. The van der Waals surface area contributed by atoms with Crippen LogP contribution >= 0.6 is 0 Å². The molecular weight excluding hydrogens is 328 g/mol. The molecule has 3 N–H and O–H groups in total. The highest BCUT2D eigenvalue weighted by Gasteiger charge is 2.21. The molecule has 0 aliphatic rings. The summed E-state index contributed by atoms with van der Waals surface area (Å²) < 4.78 is 32.1. The number of carbonyl (C=O) groups is 1. The van der Waals surface area contributed by atoms with Crippen LogP contribution in [0.3, 0.4) is 0 Å². The highest BCUT2D eigenvalue weighted by molar-refractivity contribution is 5.76. The number of nitrogens with one attached hydrogen (secondary N) is 1. The molecule has 5 nitrogen and oxygen atoms in total. The maximum Gasteiger partial charge on any atom is 0.220 e. The lowest BCUT2D eigenvalue weighted by Crippen LogP contribution is -2.49. The molecule has 0 aliphatic carbocycles. The van der Waals surface area contributed by atoms with Crippen LogP contribution in [0.15, 0.2) is 28.8 Å². The number of nitrogens with two attached hydrogens (primary N) is 1. The van der Waals surface area contributed by atoms with E-state index in [1.54, 1.807) is 0 Å². The second kappa shape index (κ2) is 8.20. The number of hydrogen-bond donors (Lipinski definition) is 2. The fourth-order valence-electron chi connectivity index (χ4n) is 2.32. The van der Waals surface area contributed by atoms with Gasteiger partial charge in [0.05, 0.1) is 11.8 Å². The number of rotatable bonds is 8. The molecule has 2 aromatic rings. The standard InChI is InChI=1S/C18H23F2N3O2/c1-3-18(21,4-2)11-23-16(24)7-8-17-22-10-15(25-17)13-6-5-12(19)9-14(13)20/h5-6,9-10H,3-4,7-8,11,21H2,1-2H3,(H,23,24). The fraction of sp³-hybridized carbons (Fsp3) is 0.444. The maximum absolute atomic E-state index is 13.7. The van der Waals surface area contributed by atoms with E-state index >= 15 is 0 Å². The highest BCUT2D eigenvalue weighted by atomic mass is 19.1. The highest BCUT2D eigenvalue weighted by Crippen LogP contribution is 2.24. The van der Waals surface area contributed by atoms with Crippen LogP contribution in [-0.4, -0.2) is 23.0 Å². The van der Waals surface area contributed by atoms with Crippen molar-refractivity contribution < 1.29 is 18.0 Å². The van der Waals surface area contributed by atoms with Gasteiger partial charge >= 0.3 is 0 Å². The number of oxazole rings is 1. The molecule has 7 heteroatoms. The molecule has 0 spiro atoms. The van der Waals surface area contributed by atoms with Crippen LogP contribution in [0.25, 0.3) is 11.3 Å². The first-order chi connectivity index (χ1) is 11.9. The Morgan fingerprint density at radius 3 is 2.68 bits per heavy atom. The van der Waals surface area contributed by atoms with Crippen molar-refractivity contribution >= 4 is 5.91 Å². The van der Waals surface area contributed by atoms with Crippen LogP contribution < -0.4 is 11.1 Å².